The molecule has 2 N–H and O–H groups in total. The highest BCUT2D eigenvalue weighted by molar-refractivity contribution is 5.86. The van der Waals surface area contributed by atoms with Crippen molar-refractivity contribution in [1.82, 2.24) is 10.2 Å². The van der Waals surface area contributed by atoms with E-state index >= 15 is 0 Å². The molecule has 1 aliphatic rings. The summed E-state index contributed by atoms with van der Waals surface area (Å²) in [4.78, 5) is 26.2. The third-order valence-corrected chi connectivity index (χ3v) is 4.74. The van der Waals surface area contributed by atoms with Crippen LogP contribution in [0.5, 0.6) is 0 Å². The minimum absolute atomic E-state index is 0.351. The molecule has 0 bridgehead atoms. The fraction of sp³-hybridized carbons (Fsp3) is 0.556. The van der Waals surface area contributed by atoms with E-state index in [1.165, 1.54) is 12.1 Å². The summed E-state index contributed by atoms with van der Waals surface area (Å²) in [5.41, 5.74) is -1.51. The molecule has 1 aromatic rings. The molecule has 0 aromatic heterocycles. The highest BCUT2D eigenvalue weighted by Crippen LogP contribution is 2.35. The fourth-order valence-corrected chi connectivity index (χ4v) is 3.22. The highest BCUT2D eigenvalue weighted by atomic mass is 19.4. The van der Waals surface area contributed by atoms with Gasteiger partial charge in [0.25, 0.3) is 0 Å². The number of nitrogens with zero attached hydrogens (tertiary/aromatic N) is 1. The van der Waals surface area contributed by atoms with Gasteiger partial charge in [-0.2, -0.15) is 13.2 Å². The van der Waals surface area contributed by atoms with Gasteiger partial charge in [0, 0.05) is 12.0 Å². The molecule has 144 valence electrons. The number of nitrogens with one attached hydrogen (secondary N) is 1. The van der Waals surface area contributed by atoms with Crippen LogP contribution < -0.4 is 5.32 Å². The molecule has 26 heavy (non-hydrogen) atoms. The van der Waals surface area contributed by atoms with E-state index < -0.39 is 41.1 Å². The van der Waals surface area contributed by atoms with Gasteiger partial charge < -0.3 is 15.3 Å². The molecular weight excluding hydrogens is 349 g/mol. The first-order valence-electron chi connectivity index (χ1n) is 8.54. The number of alkyl halides is 3. The Morgan fingerprint density at radius 3 is 2.27 bits per heavy atom. The molecule has 1 saturated heterocycles. The maximum absolute atomic E-state index is 13.2. The van der Waals surface area contributed by atoms with Gasteiger partial charge in [-0.05, 0) is 51.4 Å². The predicted molar refractivity (Wildman–Crippen MR) is 89.4 cm³/mol. The molecule has 1 aromatic carbocycles. The Morgan fingerprint density at radius 2 is 1.77 bits per heavy atom. The van der Waals surface area contributed by atoms with Gasteiger partial charge >= 0.3 is 12.1 Å². The summed E-state index contributed by atoms with van der Waals surface area (Å²) in [7, 11) is 0. The number of carboxylic acid groups (broad SMARTS) is 1. The summed E-state index contributed by atoms with van der Waals surface area (Å²) in [6.07, 6.45) is -3.59. The summed E-state index contributed by atoms with van der Waals surface area (Å²) < 4.78 is 39.5. The second-order valence-corrected chi connectivity index (χ2v) is 6.77. The predicted octanol–water partition coefficient (Wildman–Crippen LogP) is 3.07. The molecule has 0 spiro atoms. The number of piperidine rings is 1. The molecule has 8 heteroatoms. The fourth-order valence-electron chi connectivity index (χ4n) is 3.22. The number of carbonyl (C=O) groups is 2. The van der Waals surface area contributed by atoms with Gasteiger partial charge in [0.05, 0.1) is 5.56 Å². The zero-order valence-corrected chi connectivity index (χ0v) is 14.7. The number of halogens is 3. The van der Waals surface area contributed by atoms with E-state index in [9.17, 15) is 27.9 Å². The van der Waals surface area contributed by atoms with Crippen molar-refractivity contribution in [2.45, 2.75) is 44.9 Å². The summed E-state index contributed by atoms with van der Waals surface area (Å²) >= 11 is 0. The number of hydrogen-bond donors (Lipinski definition) is 2. The average molecular weight is 372 g/mol. The number of hydrogen-bond acceptors (Lipinski definition) is 3. The van der Waals surface area contributed by atoms with Crippen LogP contribution in [0.1, 0.15) is 43.9 Å². The summed E-state index contributed by atoms with van der Waals surface area (Å²) in [5.74, 6) is -2.43. The molecule has 0 saturated carbocycles. The van der Waals surface area contributed by atoms with E-state index in [0.29, 0.717) is 32.0 Å². The maximum Gasteiger partial charge on any atom is 0.416 e. The second-order valence-electron chi connectivity index (χ2n) is 6.77. The molecule has 0 aliphatic carbocycles. The van der Waals surface area contributed by atoms with Crippen LogP contribution in [0, 0.1) is 5.92 Å². The van der Waals surface area contributed by atoms with Crippen LogP contribution in [0.25, 0.3) is 0 Å². The first kappa shape index (κ1) is 20.2. The number of benzene rings is 1. The van der Waals surface area contributed by atoms with Gasteiger partial charge in [0.2, 0.25) is 5.91 Å². The van der Waals surface area contributed by atoms with Gasteiger partial charge in [-0.25, -0.2) is 4.79 Å². The quantitative estimate of drug-likeness (QED) is 0.834. The Hall–Kier alpha value is -2.09. The number of carboxylic acids is 1. The van der Waals surface area contributed by atoms with Gasteiger partial charge in [0.1, 0.15) is 0 Å². The first-order valence-corrected chi connectivity index (χ1v) is 8.54. The van der Waals surface area contributed by atoms with Crippen molar-refractivity contribution < 1.29 is 27.9 Å². The van der Waals surface area contributed by atoms with Crippen LogP contribution in [0.2, 0.25) is 0 Å². The molecule has 0 unspecified atom stereocenters. The normalized spacial score (nSPS) is 17.9. The number of amides is 1. The van der Waals surface area contributed by atoms with Crippen molar-refractivity contribution in [2.75, 3.05) is 13.1 Å². The van der Waals surface area contributed by atoms with Crippen LogP contribution in [-0.2, 0) is 15.8 Å². The maximum atomic E-state index is 13.2. The van der Waals surface area contributed by atoms with E-state index in [4.69, 9.17) is 0 Å². The van der Waals surface area contributed by atoms with E-state index in [-0.39, 0.29) is 0 Å². The number of rotatable bonds is 5. The standard InChI is InChI=1S/C18H23F3N2O3/c1-11(2)23-9-7-12(8-10-23)16(24)22-15(17(25)26)13-5-3-4-6-14(13)18(19,20)21/h3-6,11-12,15H,7-10H2,1-2H3,(H,22,24)(H,25,26)/t15-/m0/s1. The zero-order valence-electron chi connectivity index (χ0n) is 14.7. The van der Waals surface area contributed by atoms with Crippen molar-refractivity contribution in [2.24, 2.45) is 5.92 Å². The summed E-state index contributed by atoms with van der Waals surface area (Å²) in [6, 6.07) is 3.04. The minimum atomic E-state index is -4.70. The van der Waals surface area contributed by atoms with Crippen LogP contribution in [0.4, 0.5) is 13.2 Å². The number of carbonyl (C=O) groups excluding carboxylic acids is 1. The number of aliphatic carboxylic acids is 1. The largest absolute Gasteiger partial charge is 0.479 e. The van der Waals surface area contributed by atoms with Gasteiger partial charge in [-0.15, -0.1) is 0 Å². The molecule has 0 radical (unpaired) electrons. The Balaban J connectivity index is 2.15. The second kappa shape index (κ2) is 8.07. The van der Waals surface area contributed by atoms with E-state index in [1.807, 2.05) is 0 Å². The van der Waals surface area contributed by atoms with Crippen molar-refractivity contribution in [3.05, 3.63) is 35.4 Å². The zero-order chi connectivity index (χ0) is 19.5. The molecule has 1 atom stereocenters. The Morgan fingerprint density at radius 1 is 1.19 bits per heavy atom. The lowest BCUT2D eigenvalue weighted by atomic mass is 9.93. The highest BCUT2D eigenvalue weighted by Gasteiger charge is 2.38. The molecule has 1 amide bonds. The van der Waals surface area contributed by atoms with Gasteiger partial charge in [0.15, 0.2) is 6.04 Å². The molecule has 1 fully saturated rings. The molecule has 1 heterocycles. The van der Waals surface area contributed by atoms with E-state index in [0.717, 1.165) is 12.1 Å². The lowest BCUT2D eigenvalue weighted by Gasteiger charge is -2.34. The monoisotopic (exact) mass is 372 g/mol. The Bertz CT molecular complexity index is 653. The summed E-state index contributed by atoms with van der Waals surface area (Å²) in [6.45, 7) is 5.50. The Kier molecular flexibility index (Phi) is 6.28. The van der Waals surface area contributed by atoms with Crippen LogP contribution >= 0.6 is 0 Å². The van der Waals surface area contributed by atoms with Crippen LogP contribution in [0.3, 0.4) is 0 Å². The molecule has 2 rings (SSSR count). The molecule has 1 aliphatic heterocycles. The third kappa shape index (κ3) is 4.75. The molecule has 5 nitrogen and oxygen atoms in total. The van der Waals surface area contributed by atoms with Crippen molar-refractivity contribution in [3.63, 3.8) is 0 Å². The molecular formula is C18H23F3N2O3. The van der Waals surface area contributed by atoms with Crippen molar-refractivity contribution in [3.8, 4) is 0 Å². The van der Waals surface area contributed by atoms with Crippen molar-refractivity contribution in [1.29, 1.82) is 0 Å². The number of likely N-dealkylation sites (tertiary alicyclic amines) is 1. The average Bonchev–Trinajstić information content (AvgIpc) is 2.58. The van der Waals surface area contributed by atoms with E-state index in [1.54, 1.807) is 0 Å². The van der Waals surface area contributed by atoms with E-state index in [2.05, 4.69) is 24.1 Å². The SMILES string of the molecule is CC(C)N1CCC(C(=O)N[C@H](C(=O)O)c2ccccc2C(F)(F)F)CC1. The topological polar surface area (TPSA) is 69.6 Å². The summed E-state index contributed by atoms with van der Waals surface area (Å²) in [5, 5.41) is 11.7. The first-order chi connectivity index (χ1) is 12.1. The van der Waals surface area contributed by atoms with Gasteiger partial charge in [-0.3, -0.25) is 4.79 Å². The third-order valence-electron chi connectivity index (χ3n) is 4.74. The Labute approximate surface area is 150 Å². The lowest BCUT2D eigenvalue weighted by molar-refractivity contribution is -0.145. The van der Waals surface area contributed by atoms with Crippen LogP contribution in [0.15, 0.2) is 24.3 Å². The minimum Gasteiger partial charge on any atom is -0.479 e. The smallest absolute Gasteiger partial charge is 0.416 e. The lowest BCUT2D eigenvalue weighted by Crippen LogP contribution is -2.45. The van der Waals surface area contributed by atoms with Gasteiger partial charge in [-0.1, -0.05) is 18.2 Å². The van der Waals surface area contributed by atoms with Crippen molar-refractivity contribution >= 4 is 11.9 Å². The van der Waals surface area contributed by atoms with Crippen LogP contribution in [-0.4, -0.2) is 41.0 Å².